The Balaban J connectivity index is 1.66. The zero-order valence-corrected chi connectivity index (χ0v) is 15.6. The lowest BCUT2D eigenvalue weighted by Gasteiger charge is -2.70. The van der Waals surface area contributed by atoms with E-state index in [9.17, 15) is 13.5 Å². The Bertz CT molecular complexity index is 864. The van der Waals surface area contributed by atoms with Crippen LogP contribution in [-0.2, 0) is 16.6 Å². The molecule has 0 saturated carbocycles. The summed E-state index contributed by atoms with van der Waals surface area (Å²) in [5.74, 6) is 0.135. The number of nitrogens with zero attached hydrogens (tertiary/aromatic N) is 2. The highest BCUT2D eigenvalue weighted by Crippen LogP contribution is 2.54. The monoisotopic (exact) mass is 372 g/mol. The summed E-state index contributed by atoms with van der Waals surface area (Å²) in [5, 5.41) is 10.1. The number of aliphatic hydroxyl groups excluding tert-OH is 1. The molecule has 2 aliphatic rings. The molecule has 0 aliphatic carbocycles. The molecule has 2 heterocycles. The third kappa shape index (κ3) is 2.77. The van der Waals surface area contributed by atoms with E-state index in [-0.39, 0.29) is 24.1 Å². The molecule has 26 heavy (non-hydrogen) atoms. The van der Waals surface area contributed by atoms with Crippen molar-refractivity contribution < 1.29 is 13.5 Å². The molecule has 2 fully saturated rings. The maximum atomic E-state index is 12.0. The van der Waals surface area contributed by atoms with Gasteiger partial charge in [0, 0.05) is 31.6 Å². The lowest BCUT2D eigenvalue weighted by molar-refractivity contribution is -0.175. The van der Waals surface area contributed by atoms with E-state index in [1.165, 1.54) is 21.7 Å². The summed E-state index contributed by atoms with van der Waals surface area (Å²) in [6.45, 7) is 1.74. The van der Waals surface area contributed by atoms with Crippen molar-refractivity contribution in [3.8, 4) is 0 Å². The molecule has 2 aromatic carbocycles. The fourth-order valence-electron chi connectivity index (χ4n) is 4.59. The number of rotatable bonds is 5. The van der Waals surface area contributed by atoms with Crippen LogP contribution in [0.25, 0.3) is 0 Å². The van der Waals surface area contributed by atoms with E-state index < -0.39 is 10.0 Å². The van der Waals surface area contributed by atoms with Gasteiger partial charge in [0.15, 0.2) is 0 Å². The minimum Gasteiger partial charge on any atom is -0.395 e. The molecule has 0 amide bonds. The van der Waals surface area contributed by atoms with Crippen molar-refractivity contribution in [3.05, 3.63) is 71.8 Å². The molecule has 4 rings (SSSR count). The number of hydrogen-bond acceptors (Lipinski definition) is 4. The molecule has 0 bridgehead atoms. The Morgan fingerprint density at radius 2 is 1.62 bits per heavy atom. The first-order valence-corrected chi connectivity index (χ1v) is 10.7. The van der Waals surface area contributed by atoms with Gasteiger partial charge >= 0.3 is 0 Å². The van der Waals surface area contributed by atoms with Crippen LogP contribution < -0.4 is 0 Å². The van der Waals surface area contributed by atoms with E-state index in [1.807, 2.05) is 36.4 Å². The average molecular weight is 372 g/mol. The first-order chi connectivity index (χ1) is 12.5. The number of sulfonamides is 1. The normalized spacial score (nSPS) is 25.6. The first kappa shape index (κ1) is 17.7. The quantitative estimate of drug-likeness (QED) is 0.867. The molecule has 0 radical (unpaired) electrons. The zero-order valence-electron chi connectivity index (χ0n) is 14.8. The molecule has 0 aromatic heterocycles. The Hall–Kier alpha value is -1.73. The molecule has 5 nitrogen and oxygen atoms in total. The van der Waals surface area contributed by atoms with Gasteiger partial charge in [0.05, 0.1) is 18.4 Å². The van der Waals surface area contributed by atoms with Gasteiger partial charge < -0.3 is 5.11 Å². The van der Waals surface area contributed by atoms with Crippen molar-refractivity contribution in [2.24, 2.45) is 0 Å². The van der Waals surface area contributed by atoms with E-state index in [1.54, 1.807) is 0 Å². The molecule has 2 atom stereocenters. The molecular formula is C20H24N2O3S. The minimum absolute atomic E-state index is 0.000633. The zero-order chi connectivity index (χ0) is 18.4. The predicted octanol–water partition coefficient (Wildman–Crippen LogP) is 1.66. The lowest BCUT2D eigenvalue weighted by Crippen LogP contribution is -2.84. The van der Waals surface area contributed by atoms with E-state index in [4.69, 9.17) is 0 Å². The van der Waals surface area contributed by atoms with Crippen LogP contribution in [0.4, 0.5) is 0 Å². The van der Waals surface area contributed by atoms with Crippen molar-refractivity contribution in [1.82, 2.24) is 9.21 Å². The summed E-state index contributed by atoms with van der Waals surface area (Å²) in [7, 11) is -3.20. The van der Waals surface area contributed by atoms with Crippen LogP contribution in [-0.4, -0.2) is 60.3 Å². The van der Waals surface area contributed by atoms with Crippen LogP contribution in [0.15, 0.2) is 60.7 Å². The molecule has 2 aliphatic heterocycles. The van der Waals surface area contributed by atoms with E-state index >= 15 is 0 Å². The topological polar surface area (TPSA) is 60.9 Å². The van der Waals surface area contributed by atoms with Gasteiger partial charge in [0.2, 0.25) is 10.0 Å². The van der Waals surface area contributed by atoms with Crippen molar-refractivity contribution in [2.45, 2.75) is 24.0 Å². The van der Waals surface area contributed by atoms with Crippen LogP contribution in [0.1, 0.15) is 17.0 Å². The second-order valence-corrected chi connectivity index (χ2v) is 9.37. The summed E-state index contributed by atoms with van der Waals surface area (Å²) in [6.07, 6.45) is 1.26. The van der Waals surface area contributed by atoms with Crippen molar-refractivity contribution in [1.29, 1.82) is 0 Å². The summed E-state index contributed by atoms with van der Waals surface area (Å²) >= 11 is 0. The van der Waals surface area contributed by atoms with Gasteiger partial charge in [-0.2, -0.15) is 4.31 Å². The average Bonchev–Trinajstić information content (AvgIpc) is 2.58. The van der Waals surface area contributed by atoms with Crippen LogP contribution >= 0.6 is 0 Å². The molecule has 138 valence electrons. The Labute approximate surface area is 154 Å². The fraction of sp³-hybridized carbons (Fsp3) is 0.400. The van der Waals surface area contributed by atoms with Crippen LogP contribution in [0, 0.1) is 0 Å². The molecule has 0 unspecified atom stereocenters. The van der Waals surface area contributed by atoms with Crippen LogP contribution in [0.5, 0.6) is 0 Å². The SMILES string of the molecule is CS(=O)(=O)N1CC2(C1)[C@@H](c1ccccc1)[C@@H](CO)N2Cc1ccccc1. The maximum Gasteiger partial charge on any atom is 0.211 e. The van der Waals surface area contributed by atoms with Crippen LogP contribution in [0.2, 0.25) is 0 Å². The molecule has 2 saturated heterocycles. The third-order valence-electron chi connectivity index (χ3n) is 5.85. The van der Waals surface area contributed by atoms with Gasteiger partial charge in [0.1, 0.15) is 0 Å². The highest BCUT2D eigenvalue weighted by molar-refractivity contribution is 7.88. The number of hydrogen-bond donors (Lipinski definition) is 1. The van der Waals surface area contributed by atoms with Crippen LogP contribution in [0.3, 0.4) is 0 Å². The smallest absolute Gasteiger partial charge is 0.211 e. The standard InChI is InChI=1S/C20H24N2O3S/c1-26(24,25)21-14-20(15-21)19(17-10-6-3-7-11-17)18(13-23)22(20)12-16-8-4-2-5-9-16/h2-11,18-19,23H,12-15H2,1H3/t18-,19+/m1/s1. The van der Waals surface area contributed by atoms with Gasteiger partial charge in [-0.3, -0.25) is 4.90 Å². The fourth-order valence-corrected chi connectivity index (χ4v) is 5.51. The molecule has 1 spiro atoms. The maximum absolute atomic E-state index is 12.0. The molecule has 1 N–H and O–H groups in total. The van der Waals surface area contributed by atoms with Gasteiger partial charge in [0.25, 0.3) is 0 Å². The summed E-state index contributed by atoms with van der Waals surface area (Å²) in [5.41, 5.74) is 2.10. The van der Waals surface area contributed by atoms with Gasteiger partial charge in [-0.1, -0.05) is 60.7 Å². The van der Waals surface area contributed by atoms with E-state index in [0.29, 0.717) is 19.6 Å². The minimum atomic E-state index is -3.20. The van der Waals surface area contributed by atoms with Gasteiger partial charge in [-0.05, 0) is 11.1 Å². The first-order valence-electron chi connectivity index (χ1n) is 8.87. The predicted molar refractivity (Wildman–Crippen MR) is 101 cm³/mol. The number of likely N-dealkylation sites (tertiary alicyclic amines) is 1. The Morgan fingerprint density at radius 3 is 2.15 bits per heavy atom. The second-order valence-electron chi connectivity index (χ2n) is 7.39. The van der Waals surface area contributed by atoms with Gasteiger partial charge in [-0.25, -0.2) is 8.42 Å². The Kier molecular flexibility index (Phi) is 4.39. The highest BCUT2D eigenvalue weighted by atomic mass is 32.2. The highest BCUT2D eigenvalue weighted by Gasteiger charge is 2.66. The molecule has 2 aromatic rings. The van der Waals surface area contributed by atoms with Crippen molar-refractivity contribution in [2.75, 3.05) is 26.0 Å². The molecular weight excluding hydrogens is 348 g/mol. The molecule has 6 heteroatoms. The number of aliphatic hydroxyl groups is 1. The third-order valence-corrected chi connectivity index (χ3v) is 7.04. The summed E-state index contributed by atoms with van der Waals surface area (Å²) in [4.78, 5) is 2.29. The summed E-state index contributed by atoms with van der Waals surface area (Å²) < 4.78 is 25.5. The van der Waals surface area contributed by atoms with E-state index in [2.05, 4.69) is 29.2 Å². The van der Waals surface area contributed by atoms with Crippen molar-refractivity contribution in [3.63, 3.8) is 0 Å². The van der Waals surface area contributed by atoms with Crippen molar-refractivity contribution >= 4 is 10.0 Å². The lowest BCUT2D eigenvalue weighted by atomic mass is 9.61. The van der Waals surface area contributed by atoms with Gasteiger partial charge in [-0.15, -0.1) is 0 Å². The second kappa shape index (κ2) is 6.46. The van der Waals surface area contributed by atoms with E-state index in [0.717, 1.165) is 0 Å². The Morgan fingerprint density at radius 1 is 1.04 bits per heavy atom. The summed E-state index contributed by atoms with van der Waals surface area (Å²) in [6, 6.07) is 20.3. The largest absolute Gasteiger partial charge is 0.395 e. The number of benzene rings is 2.